The standard InChI is InChI=1S/C15H19NO3S/c1-10(17)11-2-3-13-14(8-11)20-9-15(18)16(13)12-4-6-19-7-5-12/h2-3,8,10,12,17H,4-7,9H2,1H3. The largest absolute Gasteiger partial charge is 0.389 e. The van der Waals surface area contributed by atoms with Crippen LogP contribution < -0.4 is 4.90 Å². The van der Waals surface area contributed by atoms with Crippen molar-refractivity contribution in [3.63, 3.8) is 0 Å². The van der Waals surface area contributed by atoms with Crippen LogP contribution in [-0.2, 0) is 9.53 Å². The third-order valence-corrected chi connectivity index (χ3v) is 4.93. The summed E-state index contributed by atoms with van der Waals surface area (Å²) in [6, 6.07) is 6.13. The van der Waals surface area contributed by atoms with Crippen LogP contribution in [0.4, 0.5) is 5.69 Å². The van der Waals surface area contributed by atoms with Gasteiger partial charge in [0, 0.05) is 24.2 Å². The first-order valence-electron chi connectivity index (χ1n) is 7.01. The predicted octanol–water partition coefficient (Wildman–Crippen LogP) is 2.36. The lowest BCUT2D eigenvalue weighted by Gasteiger charge is -2.37. The van der Waals surface area contributed by atoms with Crippen molar-refractivity contribution in [1.82, 2.24) is 0 Å². The average Bonchev–Trinajstić information content (AvgIpc) is 2.47. The molecule has 0 spiro atoms. The van der Waals surface area contributed by atoms with E-state index in [2.05, 4.69) is 0 Å². The van der Waals surface area contributed by atoms with E-state index in [1.54, 1.807) is 18.7 Å². The van der Waals surface area contributed by atoms with E-state index in [0.717, 1.165) is 42.2 Å². The number of hydrogen-bond donors (Lipinski definition) is 1. The van der Waals surface area contributed by atoms with Crippen molar-refractivity contribution in [1.29, 1.82) is 0 Å². The summed E-state index contributed by atoms with van der Waals surface area (Å²) >= 11 is 1.56. The number of hydrogen-bond acceptors (Lipinski definition) is 4. The van der Waals surface area contributed by atoms with Crippen molar-refractivity contribution in [2.24, 2.45) is 0 Å². The Kier molecular flexibility index (Phi) is 4.01. The third kappa shape index (κ3) is 2.57. The fraction of sp³-hybridized carbons (Fsp3) is 0.533. The van der Waals surface area contributed by atoms with Crippen LogP contribution in [0.2, 0.25) is 0 Å². The molecule has 20 heavy (non-hydrogen) atoms. The fourth-order valence-electron chi connectivity index (χ4n) is 2.79. The zero-order valence-corrected chi connectivity index (χ0v) is 12.4. The van der Waals surface area contributed by atoms with Crippen LogP contribution in [0.3, 0.4) is 0 Å². The smallest absolute Gasteiger partial charge is 0.237 e. The highest BCUT2D eigenvalue weighted by Gasteiger charge is 2.32. The van der Waals surface area contributed by atoms with Crippen LogP contribution in [-0.4, -0.2) is 36.0 Å². The first-order chi connectivity index (χ1) is 9.66. The number of nitrogens with zero attached hydrogens (tertiary/aromatic N) is 1. The molecule has 1 amide bonds. The summed E-state index contributed by atoms with van der Waals surface area (Å²) in [5.74, 6) is 0.660. The van der Waals surface area contributed by atoms with Gasteiger partial charge in [-0.3, -0.25) is 4.79 Å². The van der Waals surface area contributed by atoms with Crippen LogP contribution in [0, 0.1) is 0 Å². The molecular formula is C15H19NO3S. The average molecular weight is 293 g/mol. The quantitative estimate of drug-likeness (QED) is 0.909. The van der Waals surface area contributed by atoms with Crippen LogP contribution in [0.25, 0.3) is 0 Å². The number of thioether (sulfide) groups is 1. The first kappa shape index (κ1) is 13.9. The van der Waals surface area contributed by atoms with Gasteiger partial charge in [0.05, 0.1) is 17.5 Å². The number of aliphatic hydroxyl groups excluding tert-OH is 1. The minimum atomic E-state index is -0.477. The molecule has 0 bridgehead atoms. The molecule has 1 atom stereocenters. The number of anilines is 1. The second kappa shape index (κ2) is 5.76. The minimum Gasteiger partial charge on any atom is -0.389 e. The van der Waals surface area contributed by atoms with Gasteiger partial charge in [-0.1, -0.05) is 6.07 Å². The Balaban J connectivity index is 1.94. The first-order valence-corrected chi connectivity index (χ1v) is 8.00. The molecule has 1 N–H and O–H groups in total. The molecule has 0 radical (unpaired) electrons. The molecule has 1 unspecified atom stereocenters. The van der Waals surface area contributed by atoms with Crippen LogP contribution in [0.15, 0.2) is 23.1 Å². The Morgan fingerprint density at radius 2 is 2.15 bits per heavy atom. The molecule has 3 rings (SSSR count). The molecule has 0 aromatic heterocycles. The molecule has 2 aliphatic heterocycles. The Hall–Kier alpha value is -1.04. The summed E-state index contributed by atoms with van der Waals surface area (Å²) in [6.45, 7) is 3.21. The number of carbonyl (C=O) groups is 1. The summed E-state index contributed by atoms with van der Waals surface area (Å²) < 4.78 is 5.39. The number of carbonyl (C=O) groups excluding carboxylic acids is 1. The highest BCUT2D eigenvalue weighted by atomic mass is 32.2. The monoisotopic (exact) mass is 293 g/mol. The van der Waals surface area contributed by atoms with E-state index in [1.165, 1.54) is 0 Å². The van der Waals surface area contributed by atoms with E-state index in [-0.39, 0.29) is 11.9 Å². The molecule has 108 valence electrons. The molecular weight excluding hydrogens is 274 g/mol. The SMILES string of the molecule is CC(O)c1ccc2c(c1)SCC(=O)N2C1CCOCC1. The maximum absolute atomic E-state index is 12.3. The molecule has 2 aliphatic rings. The molecule has 1 aromatic rings. The normalized spacial score (nSPS) is 21.7. The fourth-order valence-corrected chi connectivity index (χ4v) is 3.74. The number of aliphatic hydroxyl groups is 1. The molecule has 2 heterocycles. The van der Waals surface area contributed by atoms with Crippen molar-refractivity contribution < 1.29 is 14.6 Å². The van der Waals surface area contributed by atoms with Gasteiger partial charge in [0.1, 0.15) is 0 Å². The van der Waals surface area contributed by atoms with Gasteiger partial charge < -0.3 is 14.7 Å². The lowest BCUT2D eigenvalue weighted by molar-refractivity contribution is -0.117. The number of benzene rings is 1. The van der Waals surface area contributed by atoms with E-state index >= 15 is 0 Å². The Morgan fingerprint density at radius 3 is 2.85 bits per heavy atom. The van der Waals surface area contributed by atoms with E-state index < -0.39 is 6.10 Å². The van der Waals surface area contributed by atoms with E-state index in [1.807, 2.05) is 23.1 Å². The van der Waals surface area contributed by atoms with Gasteiger partial charge in [0.2, 0.25) is 5.91 Å². The Bertz CT molecular complexity index is 512. The van der Waals surface area contributed by atoms with E-state index in [4.69, 9.17) is 4.74 Å². The van der Waals surface area contributed by atoms with Gasteiger partial charge in [0.25, 0.3) is 0 Å². The Labute approximate surface area is 123 Å². The van der Waals surface area contributed by atoms with Crippen LogP contribution in [0.5, 0.6) is 0 Å². The topological polar surface area (TPSA) is 49.8 Å². The van der Waals surface area contributed by atoms with Crippen LogP contribution >= 0.6 is 11.8 Å². The number of amides is 1. The zero-order chi connectivity index (χ0) is 14.1. The van der Waals surface area contributed by atoms with Gasteiger partial charge in [-0.25, -0.2) is 0 Å². The molecule has 4 nitrogen and oxygen atoms in total. The summed E-state index contributed by atoms with van der Waals surface area (Å²) in [4.78, 5) is 15.3. The van der Waals surface area contributed by atoms with Gasteiger partial charge in [-0.2, -0.15) is 0 Å². The summed E-state index contributed by atoms with van der Waals surface area (Å²) in [5.41, 5.74) is 1.89. The summed E-state index contributed by atoms with van der Waals surface area (Å²) in [7, 11) is 0. The van der Waals surface area contributed by atoms with Crippen molar-refractivity contribution >= 4 is 23.4 Å². The molecule has 0 aliphatic carbocycles. The predicted molar refractivity (Wildman–Crippen MR) is 79.1 cm³/mol. The maximum Gasteiger partial charge on any atom is 0.237 e. The van der Waals surface area contributed by atoms with E-state index in [9.17, 15) is 9.90 Å². The van der Waals surface area contributed by atoms with Gasteiger partial charge >= 0.3 is 0 Å². The zero-order valence-electron chi connectivity index (χ0n) is 11.5. The third-order valence-electron chi connectivity index (χ3n) is 3.90. The molecule has 1 saturated heterocycles. The maximum atomic E-state index is 12.3. The lowest BCUT2D eigenvalue weighted by atomic mass is 10.0. The molecule has 0 saturated carbocycles. The van der Waals surface area contributed by atoms with E-state index in [0.29, 0.717) is 5.75 Å². The highest BCUT2D eigenvalue weighted by Crippen LogP contribution is 2.39. The van der Waals surface area contributed by atoms with Gasteiger partial charge in [-0.05, 0) is 37.5 Å². The number of fused-ring (bicyclic) bond motifs is 1. The molecule has 1 aromatic carbocycles. The molecule has 1 fully saturated rings. The summed E-state index contributed by atoms with van der Waals surface area (Å²) in [6.07, 6.45) is 1.32. The highest BCUT2D eigenvalue weighted by molar-refractivity contribution is 8.00. The van der Waals surface area contributed by atoms with Crippen LogP contribution in [0.1, 0.15) is 31.4 Å². The molecule has 5 heteroatoms. The van der Waals surface area contributed by atoms with Gasteiger partial charge in [0.15, 0.2) is 0 Å². The Morgan fingerprint density at radius 1 is 1.40 bits per heavy atom. The van der Waals surface area contributed by atoms with Crippen molar-refractivity contribution in [3.05, 3.63) is 23.8 Å². The second-order valence-corrected chi connectivity index (χ2v) is 6.32. The van der Waals surface area contributed by atoms with Crippen molar-refractivity contribution in [2.45, 2.75) is 36.8 Å². The minimum absolute atomic E-state index is 0.180. The lowest BCUT2D eigenvalue weighted by Crippen LogP contribution is -2.46. The second-order valence-electron chi connectivity index (χ2n) is 5.30. The van der Waals surface area contributed by atoms with Crippen molar-refractivity contribution in [3.8, 4) is 0 Å². The number of rotatable bonds is 2. The van der Waals surface area contributed by atoms with Gasteiger partial charge in [-0.15, -0.1) is 11.8 Å². The van der Waals surface area contributed by atoms with Crippen molar-refractivity contribution in [2.75, 3.05) is 23.9 Å². The summed E-state index contributed by atoms with van der Waals surface area (Å²) in [5, 5.41) is 9.69. The number of ether oxygens (including phenoxy) is 1.